The van der Waals surface area contributed by atoms with Crippen LogP contribution in [0.15, 0.2) is 48.5 Å². The number of hydrogen-bond donors (Lipinski definition) is 0. The van der Waals surface area contributed by atoms with Crippen LogP contribution in [-0.4, -0.2) is 62.1 Å². The minimum atomic E-state index is -0.419. The van der Waals surface area contributed by atoms with Crippen LogP contribution in [-0.2, 0) is 6.54 Å². The van der Waals surface area contributed by atoms with Crippen molar-refractivity contribution in [3.05, 3.63) is 71.6 Å². The summed E-state index contributed by atoms with van der Waals surface area (Å²) in [6, 6.07) is 11.7. The molecule has 7 nitrogen and oxygen atoms in total. The van der Waals surface area contributed by atoms with E-state index in [1.54, 1.807) is 27.8 Å². The van der Waals surface area contributed by atoms with Crippen molar-refractivity contribution < 1.29 is 13.6 Å². The molecule has 0 aliphatic carbocycles. The summed E-state index contributed by atoms with van der Waals surface area (Å²) in [6.45, 7) is 2.88. The summed E-state index contributed by atoms with van der Waals surface area (Å²) >= 11 is 0. The number of amides is 1. The zero-order valence-corrected chi connectivity index (χ0v) is 15.0. The van der Waals surface area contributed by atoms with Crippen molar-refractivity contribution in [3.63, 3.8) is 0 Å². The SMILES string of the molecule is O=C(c1cccc(F)c1)N1CCN(Cc2nnnn2-c2ccc(F)cc2)CC1. The minimum Gasteiger partial charge on any atom is -0.336 e. The van der Waals surface area contributed by atoms with E-state index in [0.29, 0.717) is 49.8 Å². The fraction of sp³-hybridized carbons (Fsp3) is 0.263. The lowest BCUT2D eigenvalue weighted by Gasteiger charge is -2.34. The monoisotopic (exact) mass is 384 g/mol. The Labute approximate surface area is 160 Å². The predicted octanol–water partition coefficient (Wildman–Crippen LogP) is 1.90. The Morgan fingerprint density at radius 2 is 1.71 bits per heavy atom. The van der Waals surface area contributed by atoms with Crippen molar-refractivity contribution in [3.8, 4) is 5.69 Å². The normalized spacial score (nSPS) is 15.0. The fourth-order valence-corrected chi connectivity index (χ4v) is 3.20. The van der Waals surface area contributed by atoms with E-state index in [0.717, 1.165) is 0 Å². The van der Waals surface area contributed by atoms with Crippen LogP contribution in [0.4, 0.5) is 8.78 Å². The molecular weight excluding hydrogens is 366 g/mol. The van der Waals surface area contributed by atoms with Crippen molar-refractivity contribution >= 4 is 5.91 Å². The van der Waals surface area contributed by atoms with Crippen LogP contribution < -0.4 is 0 Å². The predicted molar refractivity (Wildman–Crippen MR) is 96.7 cm³/mol. The number of hydrogen-bond acceptors (Lipinski definition) is 5. The Morgan fingerprint density at radius 3 is 2.43 bits per heavy atom. The molecule has 3 aromatic rings. The molecule has 1 aliphatic heterocycles. The van der Waals surface area contributed by atoms with Gasteiger partial charge in [-0.2, -0.15) is 4.68 Å². The summed E-state index contributed by atoms with van der Waals surface area (Å²) in [5.74, 6) is -0.276. The third-order valence-electron chi connectivity index (χ3n) is 4.70. The van der Waals surface area contributed by atoms with Gasteiger partial charge in [-0.25, -0.2) is 8.78 Å². The average Bonchev–Trinajstić information content (AvgIpc) is 3.17. The van der Waals surface area contributed by atoms with E-state index in [9.17, 15) is 13.6 Å². The van der Waals surface area contributed by atoms with Gasteiger partial charge in [0.15, 0.2) is 5.82 Å². The van der Waals surface area contributed by atoms with Gasteiger partial charge in [0.2, 0.25) is 0 Å². The molecule has 1 aromatic heterocycles. The van der Waals surface area contributed by atoms with E-state index in [4.69, 9.17) is 0 Å². The maximum absolute atomic E-state index is 13.3. The molecule has 0 N–H and O–H groups in total. The number of aromatic nitrogens is 4. The molecule has 2 aromatic carbocycles. The molecule has 4 rings (SSSR count). The van der Waals surface area contributed by atoms with Crippen LogP contribution in [0.25, 0.3) is 5.69 Å². The molecular formula is C19H18F2N6O. The average molecular weight is 384 g/mol. The van der Waals surface area contributed by atoms with Crippen molar-refractivity contribution in [2.24, 2.45) is 0 Å². The Balaban J connectivity index is 1.38. The molecule has 0 spiro atoms. The van der Waals surface area contributed by atoms with Gasteiger partial charge in [-0.05, 0) is 52.9 Å². The van der Waals surface area contributed by atoms with Crippen LogP contribution in [0.5, 0.6) is 0 Å². The minimum absolute atomic E-state index is 0.171. The van der Waals surface area contributed by atoms with Crippen molar-refractivity contribution in [1.29, 1.82) is 0 Å². The Kier molecular flexibility index (Phi) is 5.07. The first kappa shape index (κ1) is 18.2. The number of benzene rings is 2. The summed E-state index contributed by atoms with van der Waals surface area (Å²) in [6.07, 6.45) is 0. The van der Waals surface area contributed by atoms with Crippen LogP contribution in [0.2, 0.25) is 0 Å². The maximum atomic E-state index is 13.3. The Hall–Kier alpha value is -3.20. The summed E-state index contributed by atoms with van der Waals surface area (Å²) in [5.41, 5.74) is 1.04. The summed E-state index contributed by atoms with van der Waals surface area (Å²) < 4.78 is 28.0. The molecule has 0 radical (unpaired) electrons. The summed E-state index contributed by atoms with van der Waals surface area (Å²) in [7, 11) is 0. The van der Waals surface area contributed by atoms with E-state index < -0.39 is 5.82 Å². The molecule has 0 saturated carbocycles. The number of rotatable bonds is 4. The summed E-state index contributed by atoms with van der Waals surface area (Å²) in [5, 5.41) is 11.8. The van der Waals surface area contributed by atoms with E-state index in [2.05, 4.69) is 20.4 Å². The zero-order chi connectivity index (χ0) is 19.5. The first-order valence-electron chi connectivity index (χ1n) is 8.90. The molecule has 28 heavy (non-hydrogen) atoms. The smallest absolute Gasteiger partial charge is 0.254 e. The van der Waals surface area contributed by atoms with E-state index >= 15 is 0 Å². The zero-order valence-electron chi connectivity index (χ0n) is 15.0. The molecule has 1 fully saturated rings. The second kappa shape index (κ2) is 7.81. The van der Waals surface area contributed by atoms with Gasteiger partial charge in [-0.1, -0.05) is 6.07 Å². The molecule has 0 bridgehead atoms. The van der Waals surface area contributed by atoms with Gasteiger partial charge in [0.1, 0.15) is 11.6 Å². The van der Waals surface area contributed by atoms with Crippen LogP contribution in [0.3, 0.4) is 0 Å². The largest absolute Gasteiger partial charge is 0.336 e. The van der Waals surface area contributed by atoms with E-state index in [1.807, 2.05) is 0 Å². The highest BCUT2D eigenvalue weighted by molar-refractivity contribution is 5.94. The highest BCUT2D eigenvalue weighted by atomic mass is 19.1. The molecule has 9 heteroatoms. The number of carbonyl (C=O) groups is 1. The second-order valence-electron chi connectivity index (χ2n) is 6.56. The molecule has 144 valence electrons. The third-order valence-corrected chi connectivity index (χ3v) is 4.70. The topological polar surface area (TPSA) is 67.2 Å². The molecule has 2 heterocycles. The van der Waals surface area contributed by atoms with Gasteiger partial charge in [0.25, 0.3) is 5.91 Å². The number of halogens is 2. The van der Waals surface area contributed by atoms with Gasteiger partial charge in [0, 0.05) is 31.7 Å². The molecule has 1 aliphatic rings. The highest BCUT2D eigenvalue weighted by Gasteiger charge is 2.23. The van der Waals surface area contributed by atoms with Gasteiger partial charge >= 0.3 is 0 Å². The lowest BCUT2D eigenvalue weighted by Crippen LogP contribution is -2.48. The highest BCUT2D eigenvalue weighted by Crippen LogP contribution is 2.14. The lowest BCUT2D eigenvalue weighted by molar-refractivity contribution is 0.0624. The van der Waals surface area contributed by atoms with Crippen LogP contribution in [0.1, 0.15) is 16.2 Å². The third kappa shape index (κ3) is 3.89. The van der Waals surface area contributed by atoms with Crippen LogP contribution in [0, 0.1) is 11.6 Å². The number of nitrogens with zero attached hydrogens (tertiary/aromatic N) is 6. The van der Waals surface area contributed by atoms with Gasteiger partial charge in [-0.3, -0.25) is 9.69 Å². The molecule has 1 saturated heterocycles. The number of piperazine rings is 1. The standard InChI is InChI=1S/C19H18F2N6O/c20-15-4-6-17(7-5-15)27-18(22-23-24-27)13-25-8-10-26(11-9-25)19(28)14-2-1-3-16(21)12-14/h1-7,12H,8-11,13H2. The number of carbonyl (C=O) groups excluding carboxylic acids is 1. The van der Waals surface area contributed by atoms with Gasteiger partial charge < -0.3 is 4.90 Å². The van der Waals surface area contributed by atoms with E-state index in [1.165, 1.54) is 30.3 Å². The second-order valence-corrected chi connectivity index (χ2v) is 6.56. The van der Waals surface area contributed by atoms with Gasteiger partial charge in [-0.15, -0.1) is 5.10 Å². The Morgan fingerprint density at radius 1 is 0.964 bits per heavy atom. The lowest BCUT2D eigenvalue weighted by atomic mass is 10.1. The van der Waals surface area contributed by atoms with Crippen molar-refractivity contribution in [1.82, 2.24) is 30.0 Å². The van der Waals surface area contributed by atoms with Gasteiger partial charge in [0.05, 0.1) is 12.2 Å². The first-order valence-corrected chi connectivity index (χ1v) is 8.90. The maximum Gasteiger partial charge on any atom is 0.254 e. The molecule has 0 atom stereocenters. The summed E-state index contributed by atoms with van der Waals surface area (Å²) in [4.78, 5) is 16.4. The number of tetrazole rings is 1. The van der Waals surface area contributed by atoms with Crippen molar-refractivity contribution in [2.45, 2.75) is 6.54 Å². The van der Waals surface area contributed by atoms with Crippen LogP contribution >= 0.6 is 0 Å². The Bertz CT molecular complexity index is 967. The quantitative estimate of drug-likeness (QED) is 0.687. The first-order chi connectivity index (χ1) is 13.6. The molecule has 1 amide bonds. The molecule has 0 unspecified atom stereocenters. The van der Waals surface area contributed by atoms with E-state index in [-0.39, 0.29) is 11.7 Å². The fourth-order valence-electron chi connectivity index (χ4n) is 3.20. The van der Waals surface area contributed by atoms with Crippen molar-refractivity contribution in [2.75, 3.05) is 26.2 Å².